The summed E-state index contributed by atoms with van der Waals surface area (Å²) in [4.78, 5) is 21.9. The summed E-state index contributed by atoms with van der Waals surface area (Å²) in [6.45, 7) is 4.36. The number of hydrogen-bond donors (Lipinski definition) is 1. The zero-order valence-electron chi connectivity index (χ0n) is 9.06. The summed E-state index contributed by atoms with van der Waals surface area (Å²) in [5.41, 5.74) is 0.376. The van der Waals surface area contributed by atoms with Gasteiger partial charge in [-0.05, 0) is 31.6 Å². The predicted molar refractivity (Wildman–Crippen MR) is 54.9 cm³/mol. The molecule has 0 aromatic carbocycles. The quantitative estimate of drug-likeness (QED) is 0.658. The third kappa shape index (κ3) is 3.48. The largest absolute Gasteiger partial charge is 0.355 e. The highest BCUT2D eigenvalue weighted by Gasteiger charge is 2.41. The minimum Gasteiger partial charge on any atom is -0.355 e. The van der Waals surface area contributed by atoms with Crippen molar-refractivity contribution in [3.8, 4) is 0 Å². The molecule has 0 atom stereocenters. The van der Waals surface area contributed by atoms with Crippen LogP contribution in [0, 0.1) is 5.41 Å². The summed E-state index contributed by atoms with van der Waals surface area (Å²) < 4.78 is 0. The molecule has 0 saturated heterocycles. The fourth-order valence-corrected chi connectivity index (χ4v) is 1.80. The Morgan fingerprint density at radius 2 is 2.00 bits per heavy atom. The number of hydrogen-bond acceptors (Lipinski definition) is 2. The number of rotatable bonds is 6. The van der Waals surface area contributed by atoms with Gasteiger partial charge in [0.25, 0.3) is 0 Å². The van der Waals surface area contributed by atoms with E-state index in [1.807, 2.05) is 0 Å². The molecule has 0 aromatic rings. The van der Waals surface area contributed by atoms with E-state index >= 15 is 0 Å². The van der Waals surface area contributed by atoms with E-state index < -0.39 is 0 Å². The van der Waals surface area contributed by atoms with Gasteiger partial charge >= 0.3 is 0 Å². The summed E-state index contributed by atoms with van der Waals surface area (Å²) in [7, 11) is 0. The lowest BCUT2D eigenvalue weighted by molar-refractivity contribution is -0.127. The van der Waals surface area contributed by atoms with E-state index in [0.717, 1.165) is 6.54 Å². The molecule has 0 radical (unpaired) electrons. The highest BCUT2D eigenvalue weighted by molar-refractivity contribution is 5.96. The fraction of sp³-hybridized carbons (Fsp3) is 0.818. The molecule has 1 rings (SSSR count). The Balaban J connectivity index is 2.20. The molecule has 3 heteroatoms. The van der Waals surface area contributed by atoms with Gasteiger partial charge in [-0.15, -0.1) is 0 Å². The molecule has 1 amide bonds. The lowest BCUT2D eigenvalue weighted by Gasteiger charge is -2.14. The van der Waals surface area contributed by atoms with Crippen molar-refractivity contribution in [3.63, 3.8) is 0 Å². The molecule has 3 nitrogen and oxygen atoms in total. The Hall–Kier alpha value is -0.860. The van der Waals surface area contributed by atoms with E-state index in [1.54, 1.807) is 0 Å². The Morgan fingerprint density at radius 3 is 2.43 bits per heavy atom. The van der Waals surface area contributed by atoms with Crippen molar-refractivity contribution in [1.29, 1.82) is 0 Å². The minimum absolute atomic E-state index is 0.0300. The minimum atomic E-state index is -0.125. The van der Waals surface area contributed by atoms with Crippen molar-refractivity contribution in [2.75, 3.05) is 6.54 Å². The molecule has 0 spiro atoms. The standard InChI is InChI=1S/C11H19NO2/c1-3-4-11(5-6-11)8-12-10(14)7-9(2)13/h3-8H2,1-2H3,(H,12,14). The average Bonchev–Trinajstić information content (AvgIpc) is 2.82. The van der Waals surface area contributed by atoms with Crippen LogP contribution in [0.3, 0.4) is 0 Å². The molecule has 1 aliphatic carbocycles. The zero-order valence-corrected chi connectivity index (χ0v) is 9.06. The van der Waals surface area contributed by atoms with Crippen LogP contribution >= 0.6 is 0 Å². The monoisotopic (exact) mass is 197 g/mol. The number of carbonyl (C=O) groups excluding carboxylic acids is 2. The summed E-state index contributed by atoms with van der Waals surface area (Å²) >= 11 is 0. The van der Waals surface area contributed by atoms with E-state index in [9.17, 15) is 9.59 Å². The van der Waals surface area contributed by atoms with Crippen LogP contribution in [0.15, 0.2) is 0 Å². The van der Waals surface area contributed by atoms with Crippen molar-refractivity contribution in [2.45, 2.75) is 46.0 Å². The molecule has 1 N–H and O–H groups in total. The van der Waals surface area contributed by atoms with Crippen LogP contribution in [0.2, 0.25) is 0 Å². The normalized spacial score (nSPS) is 17.6. The first-order valence-corrected chi connectivity index (χ1v) is 5.34. The van der Waals surface area contributed by atoms with E-state index in [2.05, 4.69) is 12.2 Å². The summed E-state index contributed by atoms with van der Waals surface area (Å²) in [6, 6.07) is 0. The van der Waals surface area contributed by atoms with Gasteiger partial charge in [0.15, 0.2) is 0 Å². The fourth-order valence-electron chi connectivity index (χ4n) is 1.80. The third-order valence-electron chi connectivity index (χ3n) is 2.81. The maximum atomic E-state index is 11.2. The summed E-state index contributed by atoms with van der Waals surface area (Å²) in [5.74, 6) is -0.192. The van der Waals surface area contributed by atoms with Gasteiger partial charge in [0.2, 0.25) is 5.91 Å². The van der Waals surface area contributed by atoms with Gasteiger partial charge in [-0.1, -0.05) is 13.3 Å². The Morgan fingerprint density at radius 1 is 1.36 bits per heavy atom. The van der Waals surface area contributed by atoms with Crippen LogP contribution in [0.25, 0.3) is 0 Å². The predicted octanol–water partition coefficient (Wildman–Crippen LogP) is 1.66. The lowest BCUT2D eigenvalue weighted by Crippen LogP contribution is -2.31. The topological polar surface area (TPSA) is 46.2 Å². The van der Waals surface area contributed by atoms with Crippen LogP contribution in [0.1, 0.15) is 46.0 Å². The van der Waals surface area contributed by atoms with Crippen LogP contribution < -0.4 is 5.32 Å². The molecule has 0 bridgehead atoms. The number of amides is 1. The first-order valence-electron chi connectivity index (χ1n) is 5.34. The van der Waals surface area contributed by atoms with Gasteiger partial charge in [0, 0.05) is 6.54 Å². The van der Waals surface area contributed by atoms with Gasteiger partial charge in [-0.2, -0.15) is 0 Å². The van der Waals surface area contributed by atoms with Crippen LogP contribution in [0.5, 0.6) is 0 Å². The van der Waals surface area contributed by atoms with Crippen LogP contribution in [0.4, 0.5) is 0 Å². The van der Waals surface area contributed by atoms with Crippen LogP contribution in [-0.2, 0) is 9.59 Å². The summed E-state index contributed by atoms with van der Waals surface area (Å²) in [5, 5.41) is 2.84. The second-order valence-corrected chi connectivity index (χ2v) is 4.41. The molecule has 0 heterocycles. The van der Waals surface area contributed by atoms with E-state index in [1.165, 1.54) is 32.6 Å². The Labute approximate surface area is 85.3 Å². The first-order chi connectivity index (χ1) is 6.58. The van der Waals surface area contributed by atoms with E-state index in [0.29, 0.717) is 5.41 Å². The van der Waals surface area contributed by atoms with Crippen molar-refractivity contribution in [3.05, 3.63) is 0 Å². The molecular weight excluding hydrogens is 178 g/mol. The van der Waals surface area contributed by atoms with Gasteiger partial charge in [0.1, 0.15) is 5.78 Å². The Bertz CT molecular complexity index is 231. The number of nitrogens with one attached hydrogen (secondary N) is 1. The molecule has 14 heavy (non-hydrogen) atoms. The molecule has 0 unspecified atom stereocenters. The Kier molecular flexibility index (Phi) is 3.67. The zero-order chi connectivity index (χ0) is 10.6. The van der Waals surface area contributed by atoms with Crippen LogP contribution in [-0.4, -0.2) is 18.2 Å². The SMILES string of the molecule is CCCC1(CNC(=O)CC(C)=O)CC1. The summed E-state index contributed by atoms with van der Waals surface area (Å²) in [6.07, 6.45) is 4.83. The average molecular weight is 197 g/mol. The van der Waals surface area contributed by atoms with Crippen molar-refractivity contribution in [2.24, 2.45) is 5.41 Å². The van der Waals surface area contributed by atoms with E-state index in [4.69, 9.17) is 0 Å². The first kappa shape index (κ1) is 11.2. The number of Topliss-reactive ketones (excluding diaryl/α,β-unsaturated/α-hetero) is 1. The molecule has 80 valence electrons. The maximum Gasteiger partial charge on any atom is 0.227 e. The van der Waals surface area contributed by atoms with Crippen molar-refractivity contribution in [1.82, 2.24) is 5.32 Å². The highest BCUT2D eigenvalue weighted by atomic mass is 16.2. The highest BCUT2D eigenvalue weighted by Crippen LogP contribution is 2.48. The molecule has 1 aliphatic rings. The second-order valence-electron chi connectivity index (χ2n) is 4.41. The smallest absolute Gasteiger partial charge is 0.227 e. The number of ketones is 1. The molecule has 0 aromatic heterocycles. The molecule has 1 saturated carbocycles. The maximum absolute atomic E-state index is 11.2. The second kappa shape index (κ2) is 4.58. The van der Waals surface area contributed by atoms with Gasteiger partial charge in [0.05, 0.1) is 6.42 Å². The van der Waals surface area contributed by atoms with Crippen molar-refractivity contribution >= 4 is 11.7 Å². The molecular formula is C11H19NO2. The van der Waals surface area contributed by atoms with Gasteiger partial charge < -0.3 is 5.32 Å². The lowest BCUT2D eigenvalue weighted by atomic mass is 10.0. The molecule has 1 fully saturated rings. The van der Waals surface area contributed by atoms with Gasteiger partial charge in [-0.25, -0.2) is 0 Å². The number of carbonyl (C=O) groups is 2. The van der Waals surface area contributed by atoms with Crippen molar-refractivity contribution < 1.29 is 9.59 Å². The third-order valence-corrected chi connectivity index (χ3v) is 2.81. The molecule has 0 aliphatic heterocycles. The van der Waals surface area contributed by atoms with Gasteiger partial charge in [-0.3, -0.25) is 9.59 Å². The van der Waals surface area contributed by atoms with E-state index in [-0.39, 0.29) is 18.1 Å².